The molecule has 1 heterocycles. The van der Waals surface area contributed by atoms with Crippen LogP contribution in [-0.2, 0) is 14.0 Å². The second-order valence-electron chi connectivity index (χ2n) is 4.68. The normalized spacial score (nSPS) is 21.1. The van der Waals surface area contributed by atoms with E-state index in [1.165, 1.54) is 9.96 Å². The van der Waals surface area contributed by atoms with E-state index in [9.17, 15) is 14.3 Å². The zero-order valence-electron chi connectivity index (χ0n) is 11.9. The molecule has 0 saturated carbocycles. The second kappa shape index (κ2) is 7.36. The van der Waals surface area contributed by atoms with Crippen molar-refractivity contribution in [3.63, 3.8) is 0 Å². The molecule has 1 rings (SSSR count). The van der Waals surface area contributed by atoms with Crippen molar-refractivity contribution < 1.29 is 18.9 Å². The number of carbonyl (C=O) groups is 1. The third kappa shape index (κ3) is 5.58. The fourth-order valence-electron chi connectivity index (χ4n) is 1.93. The highest BCUT2D eigenvalue weighted by atomic mass is 31.2. The molecule has 0 bridgehead atoms. The van der Waals surface area contributed by atoms with Gasteiger partial charge in [0.25, 0.3) is 0 Å². The first kappa shape index (κ1) is 16.6. The van der Waals surface area contributed by atoms with Crippen molar-refractivity contribution in [1.29, 1.82) is 0 Å². The Bertz CT molecular complexity index is 341. The van der Waals surface area contributed by atoms with Crippen LogP contribution in [0.1, 0.15) is 13.8 Å². The predicted octanol–water partition coefficient (Wildman–Crippen LogP) is 0.219. The van der Waals surface area contributed by atoms with Crippen LogP contribution >= 0.6 is 7.60 Å². The molecule has 1 atom stereocenters. The molecular weight excluding hydrogens is 269 g/mol. The van der Waals surface area contributed by atoms with Gasteiger partial charge in [-0.15, -0.1) is 0 Å². The number of carbonyl (C=O) groups excluding carboxylic acids is 1. The molecule has 1 amide bonds. The number of hydrogen-bond acceptors (Lipinski definition) is 5. The summed E-state index contributed by atoms with van der Waals surface area (Å²) in [6, 6.07) is 0. The lowest BCUT2D eigenvalue weighted by atomic mass is 10.4. The Kier molecular flexibility index (Phi) is 6.42. The van der Waals surface area contributed by atoms with Gasteiger partial charge in [0, 0.05) is 39.3 Å². The Morgan fingerprint density at radius 3 is 2.26 bits per heavy atom. The fraction of sp³-hybridized carbons (Fsp3) is 0.909. The van der Waals surface area contributed by atoms with E-state index in [1.54, 1.807) is 0 Å². The minimum absolute atomic E-state index is 0.343. The Balaban J connectivity index is 2.47. The summed E-state index contributed by atoms with van der Waals surface area (Å²) in [5.41, 5.74) is 0. The predicted molar refractivity (Wildman–Crippen MR) is 72.8 cm³/mol. The largest absolute Gasteiger partial charge is 0.353 e. The lowest BCUT2D eigenvalue weighted by Gasteiger charge is -2.32. The van der Waals surface area contributed by atoms with Gasteiger partial charge < -0.3 is 14.7 Å². The number of hydroxylamine groups is 2. The van der Waals surface area contributed by atoms with Crippen molar-refractivity contribution in [2.75, 3.05) is 52.5 Å². The number of rotatable bonds is 6. The van der Waals surface area contributed by atoms with Gasteiger partial charge in [-0.1, -0.05) is 0 Å². The van der Waals surface area contributed by atoms with E-state index in [1.807, 2.05) is 20.9 Å². The summed E-state index contributed by atoms with van der Waals surface area (Å²) in [5.74, 6) is -0.343. The number of hydrogen-bond donors (Lipinski definition) is 1. The molecule has 8 heteroatoms. The Hall–Kier alpha value is -0.460. The second-order valence-corrected chi connectivity index (χ2v) is 6.43. The molecule has 1 fully saturated rings. The summed E-state index contributed by atoms with van der Waals surface area (Å²) < 4.78 is 17.0. The van der Waals surface area contributed by atoms with E-state index < -0.39 is 13.8 Å². The average molecular weight is 293 g/mol. The summed E-state index contributed by atoms with van der Waals surface area (Å²) >= 11 is 0. The molecular formula is C11H24N3O4P. The van der Waals surface area contributed by atoms with Crippen LogP contribution in [0.3, 0.4) is 0 Å². The SMILES string of the molecule is CCN(CC)C(=O)CP(=O)(O)ON1CCN(C)CC1. The van der Waals surface area contributed by atoms with Crippen molar-refractivity contribution in [3.05, 3.63) is 0 Å². The lowest BCUT2D eigenvalue weighted by molar-refractivity contribution is -0.129. The Morgan fingerprint density at radius 1 is 1.26 bits per heavy atom. The summed E-state index contributed by atoms with van der Waals surface area (Å²) in [5, 5.41) is 1.48. The molecule has 7 nitrogen and oxygen atoms in total. The van der Waals surface area contributed by atoms with Crippen LogP contribution in [-0.4, -0.2) is 78.1 Å². The molecule has 112 valence electrons. The molecule has 1 aliphatic rings. The molecule has 1 saturated heterocycles. The van der Waals surface area contributed by atoms with Crippen molar-refractivity contribution >= 4 is 13.5 Å². The Labute approximate surface area is 114 Å². The van der Waals surface area contributed by atoms with E-state index >= 15 is 0 Å². The van der Waals surface area contributed by atoms with E-state index in [-0.39, 0.29) is 5.91 Å². The van der Waals surface area contributed by atoms with E-state index in [2.05, 4.69) is 4.90 Å². The topological polar surface area (TPSA) is 73.3 Å². The molecule has 0 aromatic rings. The number of nitrogens with zero attached hydrogens (tertiary/aromatic N) is 3. The molecule has 0 spiro atoms. The standard InChI is InChI=1S/C11H24N3O4P/c1-4-13(5-2)11(15)10-19(16,17)18-14-8-6-12(3)7-9-14/h4-10H2,1-3H3,(H,16,17). The van der Waals surface area contributed by atoms with Gasteiger partial charge >= 0.3 is 7.60 Å². The highest BCUT2D eigenvalue weighted by Gasteiger charge is 2.30. The summed E-state index contributed by atoms with van der Waals surface area (Å²) in [7, 11) is -1.92. The number of piperazine rings is 1. The van der Waals surface area contributed by atoms with Crippen molar-refractivity contribution in [2.45, 2.75) is 13.8 Å². The smallest absolute Gasteiger partial charge is 0.343 e. The van der Waals surface area contributed by atoms with Gasteiger partial charge in [-0.25, -0.2) is 4.62 Å². The maximum atomic E-state index is 11.9. The van der Waals surface area contributed by atoms with Gasteiger partial charge in [-0.05, 0) is 20.9 Å². The third-order valence-corrected chi connectivity index (χ3v) is 4.31. The monoisotopic (exact) mass is 293 g/mol. The quantitative estimate of drug-likeness (QED) is 0.706. The van der Waals surface area contributed by atoms with Crippen molar-refractivity contribution in [3.8, 4) is 0 Å². The maximum absolute atomic E-state index is 11.9. The minimum Gasteiger partial charge on any atom is -0.343 e. The zero-order valence-corrected chi connectivity index (χ0v) is 12.8. The molecule has 0 radical (unpaired) electrons. The third-order valence-electron chi connectivity index (χ3n) is 3.16. The molecule has 1 aliphatic heterocycles. The zero-order chi connectivity index (χ0) is 14.5. The summed E-state index contributed by atoms with van der Waals surface area (Å²) in [6.45, 7) is 7.44. The van der Waals surface area contributed by atoms with Crippen LogP contribution in [0.5, 0.6) is 0 Å². The van der Waals surface area contributed by atoms with Crippen LogP contribution < -0.4 is 0 Å². The van der Waals surface area contributed by atoms with Crippen molar-refractivity contribution in [1.82, 2.24) is 14.9 Å². The summed E-state index contributed by atoms with van der Waals surface area (Å²) in [4.78, 5) is 25.2. The van der Waals surface area contributed by atoms with Crippen LogP contribution in [0.4, 0.5) is 0 Å². The molecule has 0 aromatic heterocycles. The molecule has 0 aliphatic carbocycles. The van der Waals surface area contributed by atoms with Crippen LogP contribution in [0, 0.1) is 0 Å². The fourth-order valence-corrected chi connectivity index (χ4v) is 3.05. The van der Waals surface area contributed by atoms with E-state index in [0.717, 1.165) is 13.1 Å². The number of likely N-dealkylation sites (N-methyl/N-ethyl adjacent to an activating group) is 1. The van der Waals surface area contributed by atoms with Gasteiger partial charge in [0.1, 0.15) is 6.16 Å². The van der Waals surface area contributed by atoms with E-state index in [0.29, 0.717) is 26.2 Å². The van der Waals surface area contributed by atoms with E-state index in [4.69, 9.17) is 4.62 Å². The maximum Gasteiger partial charge on any atom is 0.353 e. The van der Waals surface area contributed by atoms with Crippen LogP contribution in [0.2, 0.25) is 0 Å². The first-order valence-electron chi connectivity index (χ1n) is 6.60. The average Bonchev–Trinajstić information content (AvgIpc) is 2.32. The highest BCUT2D eigenvalue weighted by molar-refractivity contribution is 7.53. The highest BCUT2D eigenvalue weighted by Crippen LogP contribution is 2.43. The number of amides is 1. The first-order valence-corrected chi connectivity index (χ1v) is 8.37. The molecule has 1 unspecified atom stereocenters. The van der Waals surface area contributed by atoms with Gasteiger partial charge in [-0.2, -0.15) is 5.06 Å². The van der Waals surface area contributed by atoms with Gasteiger partial charge in [-0.3, -0.25) is 9.36 Å². The Morgan fingerprint density at radius 2 is 1.79 bits per heavy atom. The molecule has 0 aromatic carbocycles. The molecule has 1 N–H and O–H groups in total. The minimum atomic E-state index is -3.90. The van der Waals surface area contributed by atoms with Gasteiger partial charge in [0.15, 0.2) is 0 Å². The van der Waals surface area contributed by atoms with Crippen LogP contribution in [0.15, 0.2) is 0 Å². The first-order chi connectivity index (χ1) is 8.88. The lowest BCUT2D eigenvalue weighted by Crippen LogP contribution is -2.44. The molecule has 19 heavy (non-hydrogen) atoms. The summed E-state index contributed by atoms with van der Waals surface area (Å²) in [6.07, 6.45) is -0.457. The van der Waals surface area contributed by atoms with Crippen LogP contribution in [0.25, 0.3) is 0 Å². The van der Waals surface area contributed by atoms with Gasteiger partial charge in [0.2, 0.25) is 5.91 Å². The van der Waals surface area contributed by atoms with Gasteiger partial charge in [0.05, 0.1) is 0 Å². The van der Waals surface area contributed by atoms with Crippen molar-refractivity contribution in [2.24, 2.45) is 0 Å².